The number of ether oxygens (including phenoxy) is 1. The molecule has 0 radical (unpaired) electrons. The molecule has 0 atom stereocenters. The minimum atomic E-state index is -0.189. The largest absolute Gasteiger partial charge is 0.378 e. The van der Waals surface area contributed by atoms with Crippen molar-refractivity contribution in [3.05, 3.63) is 64.9 Å². The van der Waals surface area contributed by atoms with E-state index in [2.05, 4.69) is 25.7 Å². The number of benzene rings is 2. The van der Waals surface area contributed by atoms with E-state index >= 15 is 0 Å². The second kappa shape index (κ2) is 8.37. The molecule has 2 heterocycles. The van der Waals surface area contributed by atoms with Crippen LogP contribution >= 0.6 is 11.6 Å². The molecule has 0 saturated carbocycles. The van der Waals surface area contributed by atoms with Crippen LogP contribution in [0.3, 0.4) is 0 Å². The number of nitrogens with zero attached hydrogens (tertiary/aromatic N) is 5. The number of nitrogens with one attached hydrogen (secondary N) is 1. The van der Waals surface area contributed by atoms with Crippen molar-refractivity contribution >= 4 is 28.9 Å². The predicted octanol–water partition coefficient (Wildman–Crippen LogP) is 2.46. The van der Waals surface area contributed by atoms with Gasteiger partial charge in [-0.1, -0.05) is 29.8 Å². The number of halogens is 1. The summed E-state index contributed by atoms with van der Waals surface area (Å²) >= 11 is 6.43. The maximum absolute atomic E-state index is 12.8. The Morgan fingerprint density at radius 1 is 1.14 bits per heavy atom. The summed E-state index contributed by atoms with van der Waals surface area (Å²) in [6.45, 7) is 3.30. The standard InChI is InChI=1S/C19H19ClN6O2/c20-16-2-1-3-17(18(16)25-8-10-28-11-9-25)22-19(27)15-6-4-14(5-7-15)12-26-13-21-23-24-26/h1-7,13H,8-12H2,(H,22,27). The highest BCUT2D eigenvalue weighted by Gasteiger charge is 2.19. The summed E-state index contributed by atoms with van der Waals surface area (Å²) < 4.78 is 7.03. The van der Waals surface area contributed by atoms with Crippen molar-refractivity contribution in [2.24, 2.45) is 0 Å². The Morgan fingerprint density at radius 3 is 2.64 bits per heavy atom. The van der Waals surface area contributed by atoms with E-state index in [1.165, 1.54) is 0 Å². The third-order valence-electron chi connectivity index (χ3n) is 4.51. The van der Waals surface area contributed by atoms with Crippen LogP contribution in [0.4, 0.5) is 11.4 Å². The van der Waals surface area contributed by atoms with Crippen molar-refractivity contribution in [1.29, 1.82) is 0 Å². The fourth-order valence-electron chi connectivity index (χ4n) is 3.12. The first kappa shape index (κ1) is 18.4. The van der Waals surface area contributed by atoms with Crippen LogP contribution in [-0.4, -0.2) is 52.4 Å². The van der Waals surface area contributed by atoms with Crippen molar-refractivity contribution in [1.82, 2.24) is 20.2 Å². The number of carbonyl (C=O) groups is 1. The Morgan fingerprint density at radius 2 is 1.93 bits per heavy atom. The van der Waals surface area contributed by atoms with E-state index in [0.29, 0.717) is 36.0 Å². The molecule has 1 N–H and O–H groups in total. The third kappa shape index (κ3) is 4.13. The molecule has 28 heavy (non-hydrogen) atoms. The second-order valence-electron chi connectivity index (χ2n) is 6.39. The Kier molecular flexibility index (Phi) is 5.50. The van der Waals surface area contributed by atoms with Crippen molar-refractivity contribution in [2.75, 3.05) is 36.5 Å². The summed E-state index contributed by atoms with van der Waals surface area (Å²) in [5, 5.41) is 14.7. The Labute approximate surface area is 167 Å². The second-order valence-corrected chi connectivity index (χ2v) is 6.80. The zero-order valence-corrected chi connectivity index (χ0v) is 15.8. The van der Waals surface area contributed by atoms with E-state index in [1.807, 2.05) is 30.3 Å². The van der Waals surface area contributed by atoms with Gasteiger partial charge in [0.1, 0.15) is 6.33 Å². The minimum Gasteiger partial charge on any atom is -0.378 e. The molecule has 1 saturated heterocycles. The molecule has 144 valence electrons. The van der Waals surface area contributed by atoms with Crippen LogP contribution in [0.1, 0.15) is 15.9 Å². The van der Waals surface area contributed by atoms with Gasteiger partial charge >= 0.3 is 0 Å². The van der Waals surface area contributed by atoms with Crippen LogP contribution in [-0.2, 0) is 11.3 Å². The van der Waals surface area contributed by atoms with E-state index in [-0.39, 0.29) is 5.91 Å². The third-order valence-corrected chi connectivity index (χ3v) is 4.82. The maximum atomic E-state index is 12.8. The number of aromatic nitrogens is 4. The molecule has 9 heteroatoms. The highest BCUT2D eigenvalue weighted by atomic mass is 35.5. The molecule has 1 aromatic heterocycles. The minimum absolute atomic E-state index is 0.189. The first-order valence-electron chi connectivity index (χ1n) is 8.93. The van der Waals surface area contributed by atoms with E-state index in [4.69, 9.17) is 16.3 Å². The highest BCUT2D eigenvalue weighted by Crippen LogP contribution is 2.34. The van der Waals surface area contributed by atoms with Crippen LogP contribution < -0.4 is 10.2 Å². The molecule has 3 aromatic rings. The SMILES string of the molecule is O=C(Nc1cccc(Cl)c1N1CCOCC1)c1ccc(Cn2cnnn2)cc1. The molecular formula is C19H19ClN6O2. The van der Waals surface area contributed by atoms with Crippen LogP contribution in [0, 0.1) is 0 Å². The van der Waals surface area contributed by atoms with Gasteiger partial charge in [-0.3, -0.25) is 4.79 Å². The van der Waals surface area contributed by atoms with Crippen molar-refractivity contribution in [3.8, 4) is 0 Å². The van der Waals surface area contributed by atoms with Crippen molar-refractivity contribution in [3.63, 3.8) is 0 Å². The first-order valence-corrected chi connectivity index (χ1v) is 9.31. The molecule has 4 rings (SSSR count). The number of para-hydroxylation sites is 1. The number of hydrogen-bond donors (Lipinski definition) is 1. The molecule has 0 bridgehead atoms. The number of anilines is 2. The summed E-state index contributed by atoms with van der Waals surface area (Å²) in [4.78, 5) is 14.9. The fraction of sp³-hybridized carbons (Fsp3) is 0.263. The first-order chi connectivity index (χ1) is 13.7. The molecule has 0 aliphatic carbocycles. The van der Waals surface area contributed by atoms with Gasteiger partial charge in [-0.25, -0.2) is 4.68 Å². The topological polar surface area (TPSA) is 85.2 Å². The Hall–Kier alpha value is -2.97. The zero-order chi connectivity index (χ0) is 19.3. The van der Waals surface area contributed by atoms with Crippen LogP contribution in [0.15, 0.2) is 48.8 Å². The number of amides is 1. The van der Waals surface area contributed by atoms with E-state index in [0.717, 1.165) is 24.3 Å². The summed E-state index contributed by atoms with van der Waals surface area (Å²) in [6, 6.07) is 12.9. The number of morpholine rings is 1. The molecule has 0 spiro atoms. The van der Waals surface area contributed by atoms with Gasteiger partial charge in [0.05, 0.1) is 36.2 Å². The lowest BCUT2D eigenvalue weighted by Crippen LogP contribution is -2.37. The highest BCUT2D eigenvalue weighted by molar-refractivity contribution is 6.34. The lowest BCUT2D eigenvalue weighted by atomic mass is 10.1. The predicted molar refractivity (Wildman–Crippen MR) is 106 cm³/mol. The van der Waals surface area contributed by atoms with Gasteiger partial charge in [-0.15, -0.1) is 5.10 Å². The molecule has 8 nitrogen and oxygen atoms in total. The van der Waals surface area contributed by atoms with E-state index in [9.17, 15) is 4.79 Å². The maximum Gasteiger partial charge on any atom is 0.255 e. The monoisotopic (exact) mass is 398 g/mol. The molecular weight excluding hydrogens is 380 g/mol. The molecule has 1 aliphatic rings. The lowest BCUT2D eigenvalue weighted by molar-refractivity contribution is 0.102. The molecule has 1 aliphatic heterocycles. The van der Waals surface area contributed by atoms with Crippen molar-refractivity contribution < 1.29 is 9.53 Å². The van der Waals surface area contributed by atoms with Crippen molar-refractivity contribution in [2.45, 2.75) is 6.54 Å². The van der Waals surface area contributed by atoms with Crippen LogP contribution in [0.25, 0.3) is 0 Å². The number of carbonyl (C=O) groups excluding carboxylic acids is 1. The van der Waals surface area contributed by atoms with Crippen LogP contribution in [0.5, 0.6) is 0 Å². The van der Waals surface area contributed by atoms with Gasteiger partial charge in [0, 0.05) is 18.7 Å². The van der Waals surface area contributed by atoms with Gasteiger partial charge in [0.2, 0.25) is 0 Å². The average molecular weight is 399 g/mol. The number of hydrogen-bond acceptors (Lipinski definition) is 6. The number of rotatable bonds is 5. The zero-order valence-electron chi connectivity index (χ0n) is 15.1. The van der Waals surface area contributed by atoms with E-state index < -0.39 is 0 Å². The van der Waals surface area contributed by atoms with Gasteiger partial charge < -0.3 is 15.0 Å². The summed E-state index contributed by atoms with van der Waals surface area (Å²) in [5.74, 6) is -0.189. The van der Waals surface area contributed by atoms with Gasteiger partial charge in [0.15, 0.2) is 0 Å². The van der Waals surface area contributed by atoms with Gasteiger partial charge in [0.25, 0.3) is 5.91 Å². The summed E-state index contributed by atoms with van der Waals surface area (Å²) in [7, 11) is 0. The Balaban J connectivity index is 1.50. The lowest BCUT2D eigenvalue weighted by Gasteiger charge is -2.31. The normalized spacial score (nSPS) is 14.1. The number of tetrazole rings is 1. The summed E-state index contributed by atoms with van der Waals surface area (Å²) in [6.07, 6.45) is 1.55. The molecule has 2 aromatic carbocycles. The smallest absolute Gasteiger partial charge is 0.255 e. The summed E-state index contributed by atoms with van der Waals surface area (Å²) in [5.41, 5.74) is 3.09. The molecule has 1 amide bonds. The van der Waals surface area contributed by atoms with Crippen LogP contribution in [0.2, 0.25) is 5.02 Å². The average Bonchev–Trinajstić information content (AvgIpc) is 3.22. The molecule has 0 unspecified atom stereocenters. The fourth-order valence-corrected chi connectivity index (χ4v) is 3.41. The van der Waals surface area contributed by atoms with Gasteiger partial charge in [-0.2, -0.15) is 0 Å². The van der Waals surface area contributed by atoms with Gasteiger partial charge in [-0.05, 0) is 40.3 Å². The quantitative estimate of drug-likeness (QED) is 0.710. The molecule has 1 fully saturated rings. The Bertz CT molecular complexity index is 940. The van der Waals surface area contributed by atoms with E-state index in [1.54, 1.807) is 23.1 Å².